The fourth-order valence-corrected chi connectivity index (χ4v) is 3.54. The molecule has 0 aliphatic carbocycles. The molecule has 0 unspecified atom stereocenters. The molecule has 0 atom stereocenters. The molecule has 1 aliphatic rings. The highest BCUT2D eigenvalue weighted by Gasteiger charge is 2.22. The molecule has 0 N–H and O–H groups in total. The van der Waals surface area contributed by atoms with Gasteiger partial charge in [-0.3, -0.25) is 9.69 Å². The number of aromatic nitrogens is 1. The second-order valence-electron chi connectivity index (χ2n) is 6.47. The topological polar surface area (TPSA) is 36.4 Å². The highest BCUT2D eigenvalue weighted by atomic mass is 35.5. The first-order valence-corrected chi connectivity index (χ1v) is 8.82. The van der Waals surface area contributed by atoms with Crippen molar-refractivity contribution in [3.05, 3.63) is 16.1 Å². The fraction of sp³-hybridized carbons (Fsp3) is 0.733. The largest absolute Gasteiger partial charge is 0.340 e. The summed E-state index contributed by atoms with van der Waals surface area (Å²) in [6.45, 7) is 10.9. The second-order valence-corrected chi connectivity index (χ2v) is 7.79. The van der Waals surface area contributed by atoms with E-state index < -0.39 is 0 Å². The maximum absolute atomic E-state index is 11.8. The lowest BCUT2D eigenvalue weighted by molar-refractivity contribution is -0.132. The van der Waals surface area contributed by atoms with Gasteiger partial charge < -0.3 is 4.90 Å². The predicted octanol–water partition coefficient (Wildman–Crippen LogP) is 2.71. The molecular weight excluding hydrogens is 306 g/mol. The van der Waals surface area contributed by atoms with E-state index in [2.05, 4.69) is 31.1 Å². The Hall–Kier alpha value is -0.650. The summed E-state index contributed by atoms with van der Waals surface area (Å²) in [6, 6.07) is 0. The summed E-state index contributed by atoms with van der Waals surface area (Å²) < 4.78 is 0. The number of halogens is 1. The summed E-state index contributed by atoms with van der Waals surface area (Å²) >= 11 is 7.36. The lowest BCUT2D eigenvalue weighted by atomic mass is 9.93. The van der Waals surface area contributed by atoms with Crippen LogP contribution in [0.3, 0.4) is 0 Å². The number of hydrogen-bond donors (Lipinski definition) is 0. The summed E-state index contributed by atoms with van der Waals surface area (Å²) in [4.78, 5) is 20.8. The first-order chi connectivity index (χ1) is 9.90. The summed E-state index contributed by atoms with van der Waals surface area (Å²) in [5, 5.41) is 3.33. The molecule has 6 heteroatoms. The number of carbonyl (C=O) groups excluding carboxylic acids is 1. The highest BCUT2D eigenvalue weighted by Crippen LogP contribution is 2.24. The van der Waals surface area contributed by atoms with Gasteiger partial charge in [0.15, 0.2) is 0 Å². The second kappa shape index (κ2) is 7.07. The predicted molar refractivity (Wildman–Crippen MR) is 88.0 cm³/mol. The lowest BCUT2D eigenvalue weighted by Crippen LogP contribution is -2.48. The number of nitrogens with zero attached hydrogens (tertiary/aromatic N) is 3. The molecule has 0 saturated carbocycles. The van der Waals surface area contributed by atoms with Crippen molar-refractivity contribution in [1.82, 2.24) is 14.8 Å². The van der Waals surface area contributed by atoms with E-state index in [1.807, 2.05) is 4.90 Å². The Morgan fingerprint density at radius 3 is 2.52 bits per heavy atom. The minimum Gasteiger partial charge on any atom is -0.340 e. The van der Waals surface area contributed by atoms with Crippen LogP contribution in [0.4, 0.5) is 0 Å². The molecule has 118 valence electrons. The summed E-state index contributed by atoms with van der Waals surface area (Å²) in [5.74, 6) is 0.585. The molecular formula is C15H24ClN3OS. The quantitative estimate of drug-likeness (QED) is 0.797. The molecule has 0 radical (unpaired) electrons. The van der Waals surface area contributed by atoms with E-state index in [0.717, 1.165) is 32.7 Å². The molecule has 0 bridgehead atoms. The van der Waals surface area contributed by atoms with Crippen molar-refractivity contribution < 1.29 is 4.79 Å². The zero-order chi connectivity index (χ0) is 15.5. The van der Waals surface area contributed by atoms with Crippen molar-refractivity contribution in [1.29, 1.82) is 0 Å². The molecule has 1 amide bonds. The van der Waals surface area contributed by atoms with Gasteiger partial charge in [0.1, 0.15) is 5.01 Å². The number of thiazole rings is 1. The van der Waals surface area contributed by atoms with Crippen molar-refractivity contribution in [2.75, 3.05) is 32.1 Å². The van der Waals surface area contributed by atoms with E-state index in [9.17, 15) is 4.79 Å². The van der Waals surface area contributed by atoms with Crippen molar-refractivity contribution in [3.63, 3.8) is 0 Å². The Morgan fingerprint density at radius 2 is 2.00 bits per heavy atom. The molecule has 1 aromatic heterocycles. The van der Waals surface area contributed by atoms with Crippen molar-refractivity contribution >= 4 is 28.8 Å². The molecule has 1 aromatic rings. The van der Waals surface area contributed by atoms with Crippen LogP contribution in [0, 0.1) is 0 Å². The molecule has 2 rings (SSSR count). The number of piperazine rings is 1. The first-order valence-electron chi connectivity index (χ1n) is 7.41. The van der Waals surface area contributed by atoms with Gasteiger partial charge in [-0.25, -0.2) is 4.98 Å². The van der Waals surface area contributed by atoms with Crippen molar-refractivity contribution in [3.8, 4) is 0 Å². The number of carbonyl (C=O) groups is 1. The molecule has 0 spiro atoms. The van der Waals surface area contributed by atoms with Gasteiger partial charge in [0, 0.05) is 49.3 Å². The Balaban J connectivity index is 1.83. The zero-order valence-electron chi connectivity index (χ0n) is 13.1. The van der Waals surface area contributed by atoms with Gasteiger partial charge in [0.25, 0.3) is 0 Å². The van der Waals surface area contributed by atoms with E-state index in [0.29, 0.717) is 12.3 Å². The van der Waals surface area contributed by atoms with E-state index in [-0.39, 0.29) is 11.3 Å². The smallest absolute Gasteiger partial charge is 0.223 e. The average Bonchev–Trinajstić information content (AvgIpc) is 2.88. The zero-order valence-corrected chi connectivity index (χ0v) is 14.6. The van der Waals surface area contributed by atoms with Crippen LogP contribution >= 0.6 is 22.9 Å². The number of hydrogen-bond acceptors (Lipinski definition) is 4. The van der Waals surface area contributed by atoms with Gasteiger partial charge in [-0.2, -0.15) is 0 Å². The van der Waals surface area contributed by atoms with Gasteiger partial charge in [-0.15, -0.1) is 22.9 Å². The molecule has 1 aliphatic heterocycles. The van der Waals surface area contributed by atoms with Gasteiger partial charge in [0.2, 0.25) is 5.91 Å². The van der Waals surface area contributed by atoms with Gasteiger partial charge in [-0.1, -0.05) is 20.8 Å². The summed E-state index contributed by atoms with van der Waals surface area (Å²) in [6.07, 6.45) is 0.447. The van der Waals surface area contributed by atoms with Crippen LogP contribution in [-0.4, -0.2) is 52.8 Å². The lowest BCUT2D eigenvalue weighted by Gasteiger charge is -2.34. The Kier molecular flexibility index (Phi) is 5.63. The first kappa shape index (κ1) is 16.7. The summed E-state index contributed by atoms with van der Waals surface area (Å²) in [7, 11) is 0. The third-order valence-corrected chi connectivity index (χ3v) is 4.73. The van der Waals surface area contributed by atoms with Crippen molar-refractivity contribution in [2.24, 2.45) is 0 Å². The molecule has 21 heavy (non-hydrogen) atoms. The maximum atomic E-state index is 11.8. The van der Waals surface area contributed by atoms with Crippen LogP contribution < -0.4 is 0 Å². The molecule has 2 heterocycles. The van der Waals surface area contributed by atoms with Gasteiger partial charge in [0.05, 0.1) is 12.2 Å². The average molecular weight is 330 g/mol. The summed E-state index contributed by atoms with van der Waals surface area (Å²) in [5.41, 5.74) is 1.28. The third kappa shape index (κ3) is 4.66. The molecule has 1 fully saturated rings. The molecule has 4 nitrogen and oxygen atoms in total. The van der Waals surface area contributed by atoms with E-state index in [4.69, 9.17) is 16.6 Å². The van der Waals surface area contributed by atoms with E-state index in [1.54, 1.807) is 11.3 Å². The van der Waals surface area contributed by atoms with Gasteiger partial charge in [-0.05, 0) is 0 Å². The number of amides is 1. The van der Waals surface area contributed by atoms with Gasteiger partial charge >= 0.3 is 0 Å². The van der Waals surface area contributed by atoms with Crippen LogP contribution in [0.1, 0.15) is 37.9 Å². The van der Waals surface area contributed by atoms with Crippen LogP contribution in [0.15, 0.2) is 5.38 Å². The molecule has 0 aromatic carbocycles. The SMILES string of the molecule is CC(C)(C)c1csc(CN2CCN(C(=O)CCCl)CC2)n1. The minimum absolute atomic E-state index is 0.113. The van der Waals surface area contributed by atoms with Crippen molar-refractivity contribution in [2.45, 2.75) is 39.2 Å². The van der Waals surface area contributed by atoms with Crippen LogP contribution in [-0.2, 0) is 16.8 Å². The highest BCUT2D eigenvalue weighted by molar-refractivity contribution is 7.09. The minimum atomic E-state index is 0.113. The number of alkyl halides is 1. The van der Waals surface area contributed by atoms with E-state index >= 15 is 0 Å². The third-order valence-electron chi connectivity index (χ3n) is 3.71. The maximum Gasteiger partial charge on any atom is 0.223 e. The fourth-order valence-electron chi connectivity index (χ4n) is 2.31. The Bertz CT molecular complexity index is 476. The van der Waals surface area contributed by atoms with Crippen LogP contribution in [0.5, 0.6) is 0 Å². The monoisotopic (exact) mass is 329 g/mol. The molecule has 1 saturated heterocycles. The van der Waals surface area contributed by atoms with E-state index in [1.165, 1.54) is 10.7 Å². The van der Waals surface area contributed by atoms with Crippen LogP contribution in [0.25, 0.3) is 0 Å². The Morgan fingerprint density at radius 1 is 1.33 bits per heavy atom. The Labute approximate surface area is 136 Å². The number of rotatable bonds is 4. The standard InChI is InChI=1S/C15H24ClN3OS/c1-15(2,3)12-11-21-13(17-12)10-18-6-8-19(9-7-18)14(20)4-5-16/h11H,4-10H2,1-3H3. The normalized spacial score (nSPS) is 17.2. The van der Waals surface area contributed by atoms with Crippen LogP contribution in [0.2, 0.25) is 0 Å².